The minimum atomic E-state index is -3.76. The summed E-state index contributed by atoms with van der Waals surface area (Å²) in [6.07, 6.45) is 0. The van der Waals surface area contributed by atoms with Gasteiger partial charge in [-0.1, -0.05) is 29.8 Å². The van der Waals surface area contributed by atoms with Crippen molar-refractivity contribution >= 4 is 32.7 Å². The van der Waals surface area contributed by atoms with E-state index >= 15 is 0 Å². The van der Waals surface area contributed by atoms with Crippen LogP contribution in [0.4, 0.5) is 0 Å². The predicted octanol–water partition coefficient (Wildman–Crippen LogP) is 2.75. The molecule has 0 unspecified atom stereocenters. The van der Waals surface area contributed by atoms with Crippen molar-refractivity contribution in [2.45, 2.75) is 24.9 Å². The van der Waals surface area contributed by atoms with Crippen molar-refractivity contribution in [2.24, 2.45) is 0 Å². The number of aryl methyl sites for hydroxylation is 1. The quantitative estimate of drug-likeness (QED) is 0.752. The molecule has 0 spiro atoms. The first kappa shape index (κ1) is 16.8. The average molecular weight is 367 g/mol. The van der Waals surface area contributed by atoms with Crippen LogP contribution in [-0.2, 0) is 23.1 Å². The van der Waals surface area contributed by atoms with Crippen LogP contribution in [0.5, 0.6) is 0 Å². The molecule has 1 N–H and O–H groups in total. The van der Waals surface area contributed by atoms with Crippen LogP contribution in [0.1, 0.15) is 12.5 Å². The second kappa shape index (κ2) is 6.43. The van der Waals surface area contributed by atoms with Crippen molar-refractivity contribution in [3.05, 3.63) is 63.6 Å². The van der Waals surface area contributed by atoms with Gasteiger partial charge in [0.25, 0.3) is 0 Å². The fourth-order valence-electron chi connectivity index (χ4n) is 2.41. The highest BCUT2D eigenvalue weighted by atomic mass is 35.5. The van der Waals surface area contributed by atoms with Gasteiger partial charge in [0.2, 0.25) is 10.0 Å². The second-order valence-corrected chi connectivity index (χ2v) is 7.33. The normalized spacial score (nSPS) is 11.9. The Balaban J connectivity index is 1.91. The monoisotopic (exact) mass is 366 g/mol. The fourth-order valence-corrected chi connectivity index (χ4v) is 3.64. The molecule has 0 aliphatic rings. The van der Waals surface area contributed by atoms with Crippen LogP contribution >= 0.6 is 11.6 Å². The molecule has 0 atom stereocenters. The van der Waals surface area contributed by atoms with Crippen LogP contribution in [-0.4, -0.2) is 13.0 Å². The Morgan fingerprint density at radius 2 is 1.96 bits per heavy atom. The first-order valence-corrected chi connectivity index (χ1v) is 9.15. The first-order chi connectivity index (χ1) is 11.4. The van der Waals surface area contributed by atoms with Gasteiger partial charge in [-0.05, 0) is 30.7 Å². The van der Waals surface area contributed by atoms with Gasteiger partial charge in [0, 0.05) is 24.2 Å². The maximum Gasteiger partial charge on any atom is 0.419 e. The summed E-state index contributed by atoms with van der Waals surface area (Å²) in [5.74, 6) is -0.508. The summed E-state index contributed by atoms with van der Waals surface area (Å²) in [5, 5.41) is 0.488. The van der Waals surface area contributed by atoms with Crippen molar-refractivity contribution in [3.63, 3.8) is 0 Å². The number of aromatic nitrogens is 1. The zero-order valence-electron chi connectivity index (χ0n) is 12.8. The van der Waals surface area contributed by atoms with Crippen LogP contribution in [0.3, 0.4) is 0 Å². The molecule has 0 aliphatic carbocycles. The molecule has 24 heavy (non-hydrogen) atoms. The van der Waals surface area contributed by atoms with E-state index in [9.17, 15) is 13.2 Å². The van der Waals surface area contributed by atoms with Gasteiger partial charge >= 0.3 is 5.76 Å². The number of nitrogens with one attached hydrogen (secondary N) is 1. The Hall–Kier alpha value is -2.09. The van der Waals surface area contributed by atoms with E-state index in [2.05, 4.69) is 4.72 Å². The minimum absolute atomic E-state index is 0.0269. The molecule has 0 aliphatic heterocycles. The molecule has 0 fully saturated rings. The van der Waals surface area contributed by atoms with Crippen molar-refractivity contribution in [2.75, 3.05) is 0 Å². The Bertz CT molecular complexity index is 1050. The van der Waals surface area contributed by atoms with Crippen LogP contribution in [0, 0.1) is 0 Å². The lowest BCUT2D eigenvalue weighted by atomic mass is 10.2. The number of hydrogen-bond donors (Lipinski definition) is 1. The van der Waals surface area contributed by atoms with Gasteiger partial charge in [-0.25, -0.2) is 17.9 Å². The van der Waals surface area contributed by atoms with E-state index in [1.54, 1.807) is 30.3 Å². The van der Waals surface area contributed by atoms with E-state index in [0.717, 1.165) is 0 Å². The highest BCUT2D eigenvalue weighted by molar-refractivity contribution is 7.89. The Kier molecular flexibility index (Phi) is 4.49. The number of benzene rings is 2. The smallest absolute Gasteiger partial charge is 0.408 e. The number of fused-ring (bicyclic) bond motifs is 1. The van der Waals surface area contributed by atoms with Crippen molar-refractivity contribution in [3.8, 4) is 0 Å². The number of hydrogen-bond acceptors (Lipinski definition) is 4. The number of sulfonamides is 1. The first-order valence-electron chi connectivity index (χ1n) is 7.29. The third-order valence-corrected chi connectivity index (χ3v) is 5.44. The van der Waals surface area contributed by atoms with Gasteiger partial charge < -0.3 is 4.42 Å². The molecule has 2 aromatic carbocycles. The molecule has 0 saturated heterocycles. The number of rotatable bonds is 5. The molecule has 0 radical (unpaired) electrons. The van der Waals surface area contributed by atoms with Crippen LogP contribution in [0.15, 0.2) is 56.6 Å². The number of nitrogens with zero attached hydrogens (tertiary/aromatic N) is 1. The summed E-state index contributed by atoms with van der Waals surface area (Å²) in [4.78, 5) is 11.7. The van der Waals surface area contributed by atoms with E-state index in [1.165, 1.54) is 16.7 Å². The Morgan fingerprint density at radius 1 is 1.21 bits per heavy atom. The SMILES string of the molecule is CCn1c(=O)oc2cc(S(=O)(=O)NCc3ccccc3Cl)ccc21. The summed E-state index contributed by atoms with van der Waals surface area (Å²) in [6, 6.07) is 11.3. The van der Waals surface area contributed by atoms with Crippen LogP contribution in [0.2, 0.25) is 5.02 Å². The second-order valence-electron chi connectivity index (χ2n) is 5.16. The lowest BCUT2D eigenvalue weighted by Crippen LogP contribution is -2.23. The topological polar surface area (TPSA) is 81.3 Å². The molecule has 0 saturated carbocycles. The Labute approximate surface area is 143 Å². The van der Waals surface area contributed by atoms with Crippen molar-refractivity contribution in [1.29, 1.82) is 0 Å². The maximum atomic E-state index is 12.4. The van der Waals surface area contributed by atoms with Gasteiger partial charge in [-0.3, -0.25) is 4.57 Å². The van der Waals surface area contributed by atoms with Gasteiger partial charge in [0.15, 0.2) is 5.58 Å². The predicted molar refractivity (Wildman–Crippen MR) is 91.6 cm³/mol. The molecule has 0 amide bonds. The molecule has 6 nitrogen and oxygen atoms in total. The summed E-state index contributed by atoms with van der Waals surface area (Å²) in [6.45, 7) is 2.33. The largest absolute Gasteiger partial charge is 0.419 e. The lowest BCUT2D eigenvalue weighted by Gasteiger charge is -2.08. The molecule has 3 rings (SSSR count). The van der Waals surface area contributed by atoms with Crippen LogP contribution < -0.4 is 10.5 Å². The highest BCUT2D eigenvalue weighted by Crippen LogP contribution is 2.20. The molecule has 126 valence electrons. The third-order valence-electron chi connectivity index (χ3n) is 3.68. The summed E-state index contributed by atoms with van der Waals surface area (Å²) in [5.41, 5.74) is 1.47. The molecular formula is C16H15ClN2O4S. The minimum Gasteiger partial charge on any atom is -0.408 e. The molecular weight excluding hydrogens is 352 g/mol. The van der Waals surface area contributed by atoms with Gasteiger partial charge in [0.1, 0.15) is 0 Å². The highest BCUT2D eigenvalue weighted by Gasteiger charge is 2.17. The average Bonchev–Trinajstić information content (AvgIpc) is 2.88. The standard InChI is InChI=1S/C16H15ClN2O4S/c1-2-19-14-8-7-12(9-15(14)23-16(19)20)24(21,22)18-10-11-5-3-4-6-13(11)17/h3-9,18H,2,10H2,1H3. The fraction of sp³-hybridized carbons (Fsp3) is 0.188. The summed E-state index contributed by atoms with van der Waals surface area (Å²) < 4.78 is 33.9. The third kappa shape index (κ3) is 3.10. The van der Waals surface area contributed by atoms with Crippen molar-refractivity contribution < 1.29 is 12.8 Å². The lowest BCUT2D eigenvalue weighted by molar-refractivity contribution is 0.512. The van der Waals surface area contributed by atoms with E-state index in [-0.39, 0.29) is 17.0 Å². The molecule has 1 heterocycles. The van der Waals surface area contributed by atoms with Gasteiger partial charge in [-0.15, -0.1) is 0 Å². The number of oxazole rings is 1. The van der Waals surface area contributed by atoms with Crippen molar-refractivity contribution in [1.82, 2.24) is 9.29 Å². The summed E-state index contributed by atoms with van der Waals surface area (Å²) >= 11 is 6.03. The zero-order chi connectivity index (χ0) is 17.3. The zero-order valence-corrected chi connectivity index (χ0v) is 14.4. The van der Waals surface area contributed by atoms with E-state index in [1.807, 2.05) is 6.92 Å². The molecule has 3 aromatic rings. The van der Waals surface area contributed by atoms with Gasteiger partial charge in [-0.2, -0.15) is 0 Å². The molecule has 1 aromatic heterocycles. The number of halogens is 1. The van der Waals surface area contributed by atoms with E-state index < -0.39 is 15.8 Å². The maximum absolute atomic E-state index is 12.4. The Morgan fingerprint density at radius 3 is 2.67 bits per heavy atom. The molecule has 0 bridgehead atoms. The van der Waals surface area contributed by atoms with E-state index in [4.69, 9.17) is 16.0 Å². The summed E-state index contributed by atoms with van der Waals surface area (Å²) in [7, 11) is -3.76. The van der Waals surface area contributed by atoms with Gasteiger partial charge in [0.05, 0.1) is 10.4 Å². The molecule has 8 heteroatoms. The van der Waals surface area contributed by atoms with E-state index in [0.29, 0.717) is 22.6 Å². The van der Waals surface area contributed by atoms with Crippen LogP contribution in [0.25, 0.3) is 11.1 Å².